The second-order valence-electron chi connectivity index (χ2n) is 5.28. The fourth-order valence-corrected chi connectivity index (χ4v) is 3.19. The lowest BCUT2D eigenvalue weighted by Crippen LogP contribution is -2.17. The molecular formula is C18H12Cl3N3O2S. The van der Waals surface area contributed by atoms with Gasteiger partial charge in [0.25, 0.3) is 5.91 Å². The minimum Gasteiger partial charge on any atom is -0.489 e. The number of nitrogens with zero attached hydrogens (tertiary/aromatic N) is 2. The van der Waals surface area contributed by atoms with Crippen LogP contribution >= 0.6 is 46.1 Å². The van der Waals surface area contributed by atoms with E-state index >= 15 is 0 Å². The van der Waals surface area contributed by atoms with Gasteiger partial charge in [0.15, 0.2) is 4.47 Å². The maximum absolute atomic E-state index is 12.1. The van der Waals surface area contributed by atoms with Crippen LogP contribution in [0.1, 0.15) is 20.8 Å². The Bertz CT molecular complexity index is 974. The summed E-state index contributed by atoms with van der Waals surface area (Å²) >= 11 is 18.9. The largest absolute Gasteiger partial charge is 0.489 e. The Morgan fingerprint density at radius 1 is 1.15 bits per heavy atom. The van der Waals surface area contributed by atoms with Gasteiger partial charge >= 0.3 is 0 Å². The van der Waals surface area contributed by atoms with E-state index < -0.39 is 0 Å². The van der Waals surface area contributed by atoms with Crippen LogP contribution in [-0.4, -0.2) is 17.1 Å². The molecule has 1 amide bonds. The zero-order valence-electron chi connectivity index (χ0n) is 13.7. The number of thiazole rings is 1. The standard InChI is InChI=1S/C18H12Cl3N3O2S/c19-15-6-1-11(7-16(15)20)10-26-13-4-2-12(3-5-13)17(25)24-23-9-14-8-22-18(21)27-14/h1-9H,10H2,(H,24,25)/b23-9-. The van der Waals surface area contributed by atoms with Crippen LogP contribution in [0.5, 0.6) is 5.75 Å². The Morgan fingerprint density at radius 2 is 1.93 bits per heavy atom. The van der Waals surface area contributed by atoms with Gasteiger partial charge in [-0.15, -0.1) is 11.3 Å². The number of nitrogens with one attached hydrogen (secondary N) is 1. The van der Waals surface area contributed by atoms with E-state index in [1.807, 2.05) is 6.07 Å². The molecule has 0 saturated carbocycles. The van der Waals surface area contributed by atoms with Crippen LogP contribution in [0.2, 0.25) is 14.5 Å². The van der Waals surface area contributed by atoms with Gasteiger partial charge in [0.05, 0.1) is 21.1 Å². The van der Waals surface area contributed by atoms with Crippen molar-refractivity contribution in [2.45, 2.75) is 6.61 Å². The van der Waals surface area contributed by atoms with Crippen molar-refractivity contribution in [1.29, 1.82) is 0 Å². The summed E-state index contributed by atoms with van der Waals surface area (Å²) in [5, 5.41) is 4.85. The fourth-order valence-electron chi connectivity index (χ4n) is 2.04. The van der Waals surface area contributed by atoms with Crippen molar-refractivity contribution in [3.8, 4) is 5.75 Å². The number of halogens is 3. The van der Waals surface area contributed by atoms with Crippen LogP contribution in [0.4, 0.5) is 0 Å². The molecule has 5 nitrogen and oxygen atoms in total. The third-order valence-electron chi connectivity index (χ3n) is 3.36. The van der Waals surface area contributed by atoms with Gasteiger partial charge in [0.1, 0.15) is 12.4 Å². The topological polar surface area (TPSA) is 63.6 Å². The number of carbonyl (C=O) groups excluding carboxylic acids is 1. The number of hydrogen-bond donors (Lipinski definition) is 1. The summed E-state index contributed by atoms with van der Waals surface area (Å²) in [6.07, 6.45) is 3.05. The number of benzene rings is 2. The van der Waals surface area contributed by atoms with Gasteiger partial charge in [0, 0.05) is 11.8 Å². The number of carbonyl (C=O) groups is 1. The van der Waals surface area contributed by atoms with Crippen LogP contribution in [0.15, 0.2) is 53.8 Å². The van der Waals surface area contributed by atoms with Crippen LogP contribution in [0, 0.1) is 0 Å². The van der Waals surface area contributed by atoms with Crippen LogP contribution in [-0.2, 0) is 6.61 Å². The normalized spacial score (nSPS) is 10.9. The lowest BCUT2D eigenvalue weighted by atomic mass is 10.2. The molecule has 1 heterocycles. The highest BCUT2D eigenvalue weighted by Crippen LogP contribution is 2.23. The number of amides is 1. The third-order valence-corrected chi connectivity index (χ3v) is 5.15. The van der Waals surface area contributed by atoms with Crippen molar-refractivity contribution in [2.75, 3.05) is 0 Å². The Morgan fingerprint density at radius 3 is 2.59 bits per heavy atom. The second-order valence-corrected chi connectivity index (χ2v) is 7.73. The Labute approximate surface area is 174 Å². The second kappa shape index (κ2) is 9.19. The van der Waals surface area contributed by atoms with Gasteiger partial charge in [-0.2, -0.15) is 5.10 Å². The fraction of sp³-hybridized carbons (Fsp3) is 0.0556. The summed E-state index contributed by atoms with van der Waals surface area (Å²) in [5.41, 5.74) is 3.79. The van der Waals surface area contributed by atoms with Crippen LogP contribution in [0.3, 0.4) is 0 Å². The SMILES string of the molecule is O=C(N/N=C\c1cnc(Cl)s1)c1ccc(OCc2ccc(Cl)c(Cl)c2)cc1. The highest BCUT2D eigenvalue weighted by molar-refractivity contribution is 7.17. The molecule has 27 heavy (non-hydrogen) atoms. The molecule has 0 radical (unpaired) electrons. The summed E-state index contributed by atoms with van der Waals surface area (Å²) in [4.78, 5) is 16.7. The van der Waals surface area contributed by atoms with E-state index in [-0.39, 0.29) is 5.91 Å². The average Bonchev–Trinajstić information content (AvgIpc) is 3.08. The summed E-state index contributed by atoms with van der Waals surface area (Å²) in [6.45, 7) is 0.337. The van der Waals surface area contributed by atoms with Crippen molar-refractivity contribution in [2.24, 2.45) is 5.10 Å². The highest BCUT2D eigenvalue weighted by Gasteiger charge is 2.05. The molecule has 0 unspecified atom stereocenters. The van der Waals surface area contributed by atoms with Gasteiger partial charge in [-0.25, -0.2) is 10.4 Å². The summed E-state index contributed by atoms with van der Waals surface area (Å²) < 4.78 is 6.10. The molecule has 138 valence electrons. The third kappa shape index (κ3) is 5.68. The summed E-state index contributed by atoms with van der Waals surface area (Å²) in [5.74, 6) is 0.290. The molecule has 0 spiro atoms. The van der Waals surface area contributed by atoms with E-state index in [2.05, 4.69) is 15.5 Å². The molecule has 1 aromatic heterocycles. The van der Waals surface area contributed by atoms with Gasteiger partial charge in [-0.05, 0) is 42.0 Å². The maximum Gasteiger partial charge on any atom is 0.271 e. The van der Waals surface area contributed by atoms with E-state index in [1.165, 1.54) is 17.6 Å². The number of rotatable bonds is 6. The number of hydrogen-bond acceptors (Lipinski definition) is 5. The Balaban J connectivity index is 1.53. The average molecular weight is 441 g/mol. The van der Waals surface area contributed by atoms with E-state index in [1.54, 1.807) is 42.6 Å². The lowest BCUT2D eigenvalue weighted by molar-refractivity contribution is 0.0955. The molecule has 0 saturated heterocycles. The van der Waals surface area contributed by atoms with Crippen LogP contribution < -0.4 is 10.2 Å². The predicted molar refractivity (Wildman–Crippen MR) is 109 cm³/mol. The first-order valence-corrected chi connectivity index (χ1v) is 9.58. The van der Waals surface area contributed by atoms with E-state index in [9.17, 15) is 4.79 Å². The molecule has 0 aliphatic rings. The molecule has 1 N–H and O–H groups in total. The van der Waals surface area contributed by atoms with E-state index in [0.29, 0.717) is 32.4 Å². The summed E-state index contributed by atoms with van der Waals surface area (Å²) in [7, 11) is 0. The van der Waals surface area contributed by atoms with Crippen molar-refractivity contribution in [3.05, 3.63) is 79.2 Å². The van der Waals surface area contributed by atoms with Gasteiger partial charge in [0.2, 0.25) is 0 Å². The molecule has 0 aliphatic heterocycles. The van der Waals surface area contributed by atoms with E-state index in [4.69, 9.17) is 39.5 Å². The van der Waals surface area contributed by atoms with Crippen LogP contribution in [0.25, 0.3) is 0 Å². The Kier molecular flexibility index (Phi) is 6.68. The number of ether oxygens (including phenoxy) is 1. The minimum atomic E-state index is -0.335. The number of hydrazone groups is 1. The maximum atomic E-state index is 12.1. The molecule has 3 rings (SSSR count). The first-order chi connectivity index (χ1) is 13.0. The zero-order valence-corrected chi connectivity index (χ0v) is 16.7. The van der Waals surface area contributed by atoms with Gasteiger partial charge in [-0.3, -0.25) is 4.79 Å². The van der Waals surface area contributed by atoms with Crippen molar-refractivity contribution in [1.82, 2.24) is 10.4 Å². The van der Waals surface area contributed by atoms with Crippen molar-refractivity contribution >= 4 is 58.3 Å². The molecule has 3 aromatic rings. The monoisotopic (exact) mass is 439 g/mol. The molecule has 2 aromatic carbocycles. The summed E-state index contributed by atoms with van der Waals surface area (Å²) in [6, 6.07) is 12.0. The molecule has 9 heteroatoms. The Hall–Kier alpha value is -2.12. The molecule has 0 fully saturated rings. The smallest absolute Gasteiger partial charge is 0.271 e. The lowest BCUT2D eigenvalue weighted by Gasteiger charge is -2.08. The van der Waals surface area contributed by atoms with E-state index in [0.717, 1.165) is 10.4 Å². The minimum absolute atomic E-state index is 0.335. The first-order valence-electron chi connectivity index (χ1n) is 7.63. The molecular weight excluding hydrogens is 429 g/mol. The predicted octanol–water partition coefficient (Wildman–Crippen LogP) is 5.45. The van der Waals surface area contributed by atoms with Crippen molar-refractivity contribution in [3.63, 3.8) is 0 Å². The van der Waals surface area contributed by atoms with Crippen molar-refractivity contribution < 1.29 is 9.53 Å². The number of aromatic nitrogens is 1. The quantitative estimate of drug-likeness (QED) is 0.410. The zero-order chi connectivity index (χ0) is 19.2. The molecule has 0 atom stereocenters. The molecule has 0 bridgehead atoms. The van der Waals surface area contributed by atoms with Gasteiger partial charge < -0.3 is 4.74 Å². The highest BCUT2D eigenvalue weighted by atomic mass is 35.5. The first kappa shape index (κ1) is 19.6. The molecule has 0 aliphatic carbocycles. The van der Waals surface area contributed by atoms with Gasteiger partial charge in [-0.1, -0.05) is 40.9 Å².